The van der Waals surface area contributed by atoms with Crippen molar-refractivity contribution in [3.05, 3.63) is 0 Å². The lowest BCUT2D eigenvalue weighted by atomic mass is 10.1. The maximum atomic E-state index is 12.9. The summed E-state index contributed by atoms with van der Waals surface area (Å²) in [5.41, 5.74) is 16.0. The lowest BCUT2D eigenvalue weighted by Crippen LogP contribution is -2.58. The Morgan fingerprint density at radius 3 is 1.75 bits per heavy atom. The molecule has 0 fully saturated rings. The van der Waals surface area contributed by atoms with Gasteiger partial charge in [0, 0.05) is 13.0 Å². The van der Waals surface area contributed by atoms with E-state index in [0.717, 1.165) is 0 Å². The van der Waals surface area contributed by atoms with Crippen molar-refractivity contribution in [2.75, 3.05) is 6.54 Å². The predicted octanol–water partition coefficient (Wildman–Crippen LogP) is -4.37. The number of hydrogen-bond donors (Lipinski definition) is 10. The molecule has 0 aliphatic rings. The third-order valence-corrected chi connectivity index (χ3v) is 4.67. The summed E-state index contributed by atoms with van der Waals surface area (Å²) in [6, 6.07) is -6.16. The van der Waals surface area contributed by atoms with Crippen LogP contribution in [0.3, 0.4) is 0 Å². The van der Waals surface area contributed by atoms with Crippen molar-refractivity contribution >= 4 is 41.6 Å². The van der Waals surface area contributed by atoms with Crippen molar-refractivity contribution in [2.45, 2.75) is 69.3 Å². The minimum absolute atomic E-state index is 0.0646. The SMILES string of the molecule is CC(O)C(N)C(=O)NC(CCCN=C(N)N)C(=O)NC(CCC(=O)O)C(=O)NC(CC(=O)O)C(=O)O. The Balaban J connectivity index is 5.70. The summed E-state index contributed by atoms with van der Waals surface area (Å²) in [5.74, 6) is -7.72. The van der Waals surface area contributed by atoms with Crippen molar-refractivity contribution in [1.29, 1.82) is 0 Å². The topological polar surface area (TPSA) is 310 Å². The molecule has 3 amide bonds. The molecule has 0 spiro atoms. The second kappa shape index (κ2) is 15.8. The van der Waals surface area contributed by atoms with E-state index in [1.165, 1.54) is 6.92 Å². The van der Waals surface area contributed by atoms with Gasteiger partial charge < -0.3 is 53.6 Å². The number of carbonyl (C=O) groups is 6. The van der Waals surface area contributed by atoms with E-state index < -0.39 is 85.2 Å². The number of hydrogen-bond acceptors (Lipinski definition) is 9. The lowest BCUT2D eigenvalue weighted by molar-refractivity contribution is -0.147. The smallest absolute Gasteiger partial charge is 0.326 e. The van der Waals surface area contributed by atoms with Crippen molar-refractivity contribution in [3.63, 3.8) is 0 Å². The average Bonchev–Trinajstić information content (AvgIpc) is 2.76. The van der Waals surface area contributed by atoms with Gasteiger partial charge in [0.25, 0.3) is 0 Å². The summed E-state index contributed by atoms with van der Waals surface area (Å²) in [6.45, 7) is 1.32. The summed E-state index contributed by atoms with van der Waals surface area (Å²) in [5, 5.41) is 42.9. The van der Waals surface area contributed by atoms with E-state index in [2.05, 4.69) is 15.6 Å². The first kappa shape index (κ1) is 32.0. The molecular formula is C19H33N7O10. The van der Waals surface area contributed by atoms with Crippen LogP contribution in [0.1, 0.15) is 39.0 Å². The quantitative estimate of drug-likeness (QED) is 0.0493. The van der Waals surface area contributed by atoms with Gasteiger partial charge in [-0.1, -0.05) is 0 Å². The monoisotopic (exact) mass is 519 g/mol. The van der Waals surface area contributed by atoms with Gasteiger partial charge in [-0.15, -0.1) is 0 Å². The minimum atomic E-state index is -1.85. The van der Waals surface area contributed by atoms with Crippen LogP contribution in [0.25, 0.3) is 0 Å². The molecule has 0 aromatic rings. The number of carboxylic acid groups (broad SMARTS) is 3. The highest BCUT2D eigenvalue weighted by Gasteiger charge is 2.31. The van der Waals surface area contributed by atoms with E-state index in [0.29, 0.717) is 0 Å². The highest BCUT2D eigenvalue weighted by atomic mass is 16.4. The van der Waals surface area contributed by atoms with Gasteiger partial charge in [-0.2, -0.15) is 0 Å². The summed E-state index contributed by atoms with van der Waals surface area (Å²) in [7, 11) is 0. The van der Waals surface area contributed by atoms with Gasteiger partial charge in [-0.25, -0.2) is 4.79 Å². The second-order valence-corrected chi connectivity index (χ2v) is 7.77. The van der Waals surface area contributed by atoms with Crippen molar-refractivity contribution in [3.8, 4) is 0 Å². The average molecular weight is 520 g/mol. The van der Waals surface area contributed by atoms with Gasteiger partial charge >= 0.3 is 17.9 Å². The number of guanidine groups is 1. The lowest BCUT2D eigenvalue weighted by Gasteiger charge is -2.25. The highest BCUT2D eigenvalue weighted by molar-refractivity contribution is 5.94. The van der Waals surface area contributed by atoms with E-state index in [-0.39, 0.29) is 25.3 Å². The molecule has 0 aromatic heterocycles. The molecule has 17 heteroatoms. The summed E-state index contributed by atoms with van der Waals surface area (Å²) in [6.07, 6.45) is -3.21. The number of nitrogens with zero attached hydrogens (tertiary/aromatic N) is 1. The number of aliphatic imine (C=N–C) groups is 1. The zero-order valence-corrected chi connectivity index (χ0v) is 19.5. The number of carboxylic acids is 3. The van der Waals surface area contributed by atoms with Crippen molar-refractivity contribution in [2.24, 2.45) is 22.2 Å². The molecule has 17 nitrogen and oxygen atoms in total. The van der Waals surface area contributed by atoms with Crippen LogP contribution in [-0.2, 0) is 28.8 Å². The molecule has 0 heterocycles. The zero-order valence-electron chi connectivity index (χ0n) is 19.5. The Kier molecular flexibility index (Phi) is 14.1. The first-order chi connectivity index (χ1) is 16.6. The van der Waals surface area contributed by atoms with Crippen LogP contribution in [0.5, 0.6) is 0 Å². The molecule has 0 saturated heterocycles. The Bertz CT molecular complexity index is 844. The molecule has 204 valence electrons. The van der Waals surface area contributed by atoms with Crippen LogP contribution in [0.15, 0.2) is 4.99 Å². The first-order valence-electron chi connectivity index (χ1n) is 10.7. The van der Waals surface area contributed by atoms with Gasteiger partial charge in [0.05, 0.1) is 12.5 Å². The molecule has 0 aliphatic heterocycles. The Hall–Kier alpha value is -3.99. The van der Waals surface area contributed by atoms with Crippen molar-refractivity contribution < 1.29 is 49.2 Å². The minimum Gasteiger partial charge on any atom is -0.481 e. The number of nitrogens with one attached hydrogen (secondary N) is 3. The van der Waals surface area contributed by atoms with Gasteiger partial charge in [0.2, 0.25) is 17.7 Å². The highest BCUT2D eigenvalue weighted by Crippen LogP contribution is 2.05. The van der Waals surface area contributed by atoms with E-state index in [4.69, 9.17) is 32.5 Å². The predicted molar refractivity (Wildman–Crippen MR) is 122 cm³/mol. The fraction of sp³-hybridized carbons (Fsp3) is 0.632. The molecule has 5 unspecified atom stereocenters. The molecular weight excluding hydrogens is 486 g/mol. The summed E-state index contributed by atoms with van der Waals surface area (Å²) in [4.78, 5) is 74.6. The molecule has 0 rings (SSSR count). The van der Waals surface area contributed by atoms with E-state index >= 15 is 0 Å². The van der Waals surface area contributed by atoms with E-state index in [1.807, 2.05) is 5.32 Å². The van der Waals surface area contributed by atoms with Crippen molar-refractivity contribution in [1.82, 2.24) is 16.0 Å². The van der Waals surface area contributed by atoms with E-state index in [1.54, 1.807) is 0 Å². The maximum Gasteiger partial charge on any atom is 0.326 e. The first-order valence-corrected chi connectivity index (χ1v) is 10.7. The number of nitrogens with two attached hydrogens (primary N) is 3. The molecule has 0 bridgehead atoms. The van der Waals surface area contributed by atoms with Crippen LogP contribution >= 0.6 is 0 Å². The largest absolute Gasteiger partial charge is 0.481 e. The zero-order chi connectivity index (χ0) is 28.0. The third kappa shape index (κ3) is 13.0. The van der Waals surface area contributed by atoms with Gasteiger partial charge in [0.1, 0.15) is 24.2 Å². The van der Waals surface area contributed by atoms with Crippen LogP contribution in [-0.4, -0.2) is 98.8 Å². The summed E-state index contributed by atoms with van der Waals surface area (Å²) < 4.78 is 0. The van der Waals surface area contributed by atoms with Gasteiger partial charge in [0.15, 0.2) is 5.96 Å². The van der Waals surface area contributed by atoms with Crippen LogP contribution in [0.4, 0.5) is 0 Å². The molecule has 36 heavy (non-hydrogen) atoms. The van der Waals surface area contributed by atoms with Crippen LogP contribution < -0.4 is 33.2 Å². The molecule has 13 N–H and O–H groups in total. The normalized spacial score (nSPS) is 14.8. The van der Waals surface area contributed by atoms with E-state index in [9.17, 15) is 33.9 Å². The molecule has 0 aliphatic carbocycles. The Morgan fingerprint density at radius 1 is 0.806 bits per heavy atom. The molecule has 0 aromatic carbocycles. The molecule has 5 atom stereocenters. The number of aliphatic hydroxyl groups is 1. The Morgan fingerprint density at radius 2 is 1.31 bits per heavy atom. The second-order valence-electron chi connectivity index (χ2n) is 7.77. The van der Waals surface area contributed by atoms with Gasteiger partial charge in [-0.3, -0.25) is 29.0 Å². The van der Waals surface area contributed by atoms with Crippen LogP contribution in [0, 0.1) is 0 Å². The fourth-order valence-electron chi connectivity index (χ4n) is 2.72. The molecule has 0 radical (unpaired) electrons. The third-order valence-electron chi connectivity index (χ3n) is 4.67. The van der Waals surface area contributed by atoms with Gasteiger partial charge in [-0.05, 0) is 26.2 Å². The number of aliphatic hydroxyl groups excluding tert-OH is 1. The number of aliphatic carboxylic acids is 3. The summed E-state index contributed by atoms with van der Waals surface area (Å²) >= 11 is 0. The van der Waals surface area contributed by atoms with Crippen LogP contribution in [0.2, 0.25) is 0 Å². The maximum absolute atomic E-state index is 12.9. The Labute approximate surface area is 205 Å². The number of carbonyl (C=O) groups excluding carboxylic acids is 3. The number of rotatable bonds is 17. The standard InChI is InChI=1S/C19H33N7O10/c1-8(27)14(20)17(34)25-9(3-2-6-23-19(21)22)15(32)24-10(4-5-12(28)29)16(33)26-11(18(35)36)7-13(30)31/h8-11,14,27H,2-7,20H2,1H3,(H,24,32)(H,25,34)(H,26,33)(H,28,29)(H,30,31)(H,35,36)(H4,21,22,23). The number of amides is 3. The molecule has 0 saturated carbocycles. The fourth-order valence-corrected chi connectivity index (χ4v) is 2.72.